The number of alkyl halides is 3. The van der Waals surface area contributed by atoms with E-state index in [2.05, 4.69) is 77.5 Å². The molecule has 1 aromatic rings. The van der Waals surface area contributed by atoms with Crippen LogP contribution in [-0.2, 0) is 4.79 Å². The molecule has 4 rings (SSSR count). The Morgan fingerprint density at radius 2 is 1.96 bits per heavy atom. The van der Waals surface area contributed by atoms with E-state index in [9.17, 15) is 9.59 Å². The first-order valence-corrected chi connectivity index (χ1v) is 10.4. The Morgan fingerprint density at radius 1 is 1.25 bits per heavy atom. The normalized spacial score (nSPS) is 33.0. The van der Waals surface area contributed by atoms with Gasteiger partial charge in [-0.05, 0) is 30.4 Å². The molecule has 130 valence electrons. The second kappa shape index (κ2) is 6.06. The van der Waals surface area contributed by atoms with Gasteiger partial charge in [-0.1, -0.05) is 67.7 Å². The van der Waals surface area contributed by atoms with Crippen LogP contribution in [0.5, 0.6) is 0 Å². The van der Waals surface area contributed by atoms with Crippen LogP contribution in [0.3, 0.4) is 0 Å². The maximum Gasteiger partial charge on any atom is 0.288 e. The third-order valence-corrected chi connectivity index (χ3v) is 9.31. The van der Waals surface area contributed by atoms with Gasteiger partial charge in [0.2, 0.25) is 5.91 Å². The van der Waals surface area contributed by atoms with Gasteiger partial charge in [0, 0.05) is 16.4 Å². The minimum atomic E-state index is -0.551. The molecule has 2 N–H and O–H groups in total. The summed E-state index contributed by atoms with van der Waals surface area (Å²) in [4.78, 5) is 29.0. The minimum Gasteiger partial charge on any atom is -0.273 e. The van der Waals surface area contributed by atoms with E-state index >= 15 is 0 Å². The average Bonchev–Trinajstić information content (AvgIpc) is 3.03. The Labute approximate surface area is 166 Å². The van der Waals surface area contributed by atoms with Crippen molar-refractivity contribution in [2.24, 2.45) is 16.2 Å². The maximum atomic E-state index is 12.9. The van der Waals surface area contributed by atoms with Crippen LogP contribution in [0, 0.1) is 16.2 Å². The van der Waals surface area contributed by atoms with Gasteiger partial charge in [0.15, 0.2) is 0 Å². The minimum absolute atomic E-state index is 0.0306. The number of amides is 2. The fraction of sp³-hybridized carbons (Fsp3) is 0.562. The van der Waals surface area contributed by atoms with Crippen LogP contribution in [0.1, 0.15) is 37.2 Å². The number of carbonyl (C=O) groups is 2. The summed E-state index contributed by atoms with van der Waals surface area (Å²) >= 11 is 11.1. The Hall–Kier alpha value is -0.470. The summed E-state index contributed by atoms with van der Waals surface area (Å²) in [5.74, 6) is -0.584. The Bertz CT molecular complexity index is 682. The molecule has 2 amide bonds. The van der Waals surface area contributed by atoms with Crippen molar-refractivity contribution in [3.63, 3.8) is 0 Å². The van der Waals surface area contributed by atoms with Crippen molar-refractivity contribution in [1.29, 1.82) is 0 Å². The first kappa shape index (κ1) is 18.3. The number of nitrogens with zero attached hydrogens (tertiary/aromatic N) is 1. The number of halogens is 3. The molecule has 3 atom stereocenters. The quantitative estimate of drug-likeness (QED) is 0.470. The van der Waals surface area contributed by atoms with Crippen LogP contribution in [0.25, 0.3) is 0 Å². The Morgan fingerprint density at radius 3 is 2.46 bits per heavy atom. The van der Waals surface area contributed by atoms with E-state index in [1.807, 2.05) is 0 Å². The van der Waals surface area contributed by atoms with E-state index in [1.54, 1.807) is 18.2 Å². The summed E-state index contributed by atoms with van der Waals surface area (Å²) in [6.07, 6.45) is 3.24. The molecular formula is C16H18Br3N3O2. The number of rotatable bonds is 3. The highest BCUT2D eigenvalue weighted by Gasteiger charge is 2.83. The summed E-state index contributed by atoms with van der Waals surface area (Å²) < 4.78 is 0.114. The van der Waals surface area contributed by atoms with Crippen molar-refractivity contribution >= 4 is 59.6 Å². The van der Waals surface area contributed by atoms with Gasteiger partial charge in [-0.15, -0.1) is 0 Å². The molecule has 0 aromatic carbocycles. The van der Waals surface area contributed by atoms with E-state index in [0.717, 1.165) is 12.8 Å². The SMILES string of the molecule is CC1(C)C2(C(=O)NNC(=O)c3ccccn3)CCC1(C(Br)Br)C2Br. The van der Waals surface area contributed by atoms with Gasteiger partial charge in [0.05, 0.1) is 9.15 Å². The molecule has 8 heteroatoms. The third-order valence-electron chi connectivity index (χ3n) is 6.08. The molecule has 3 aliphatic carbocycles. The largest absolute Gasteiger partial charge is 0.288 e. The fourth-order valence-corrected chi connectivity index (χ4v) is 9.40. The van der Waals surface area contributed by atoms with E-state index < -0.39 is 11.3 Å². The molecule has 3 saturated carbocycles. The number of hydrazine groups is 1. The molecule has 0 saturated heterocycles. The van der Waals surface area contributed by atoms with Crippen LogP contribution >= 0.6 is 47.8 Å². The average molecular weight is 524 g/mol. The topological polar surface area (TPSA) is 71.1 Å². The molecule has 24 heavy (non-hydrogen) atoms. The number of fused-ring (bicyclic) bond motifs is 1. The van der Waals surface area contributed by atoms with Crippen LogP contribution in [0.2, 0.25) is 0 Å². The van der Waals surface area contributed by atoms with Gasteiger partial charge in [0.25, 0.3) is 5.91 Å². The molecule has 3 unspecified atom stereocenters. The van der Waals surface area contributed by atoms with Crippen molar-refractivity contribution < 1.29 is 9.59 Å². The van der Waals surface area contributed by atoms with Crippen molar-refractivity contribution in [3.8, 4) is 0 Å². The lowest BCUT2D eigenvalue weighted by molar-refractivity contribution is -0.162. The summed E-state index contributed by atoms with van der Waals surface area (Å²) in [6, 6.07) is 5.06. The second-order valence-electron chi connectivity index (χ2n) is 6.92. The zero-order valence-electron chi connectivity index (χ0n) is 13.3. The van der Waals surface area contributed by atoms with Crippen molar-refractivity contribution in [2.45, 2.75) is 35.3 Å². The van der Waals surface area contributed by atoms with E-state index in [1.165, 1.54) is 6.20 Å². The number of hydrogen-bond donors (Lipinski definition) is 2. The maximum absolute atomic E-state index is 12.9. The molecule has 0 spiro atoms. The lowest BCUT2D eigenvalue weighted by Gasteiger charge is -2.66. The molecular weight excluding hydrogens is 506 g/mol. The molecule has 1 heterocycles. The van der Waals surface area contributed by atoms with Crippen LogP contribution in [-0.4, -0.2) is 25.4 Å². The van der Waals surface area contributed by atoms with Crippen LogP contribution in [0.4, 0.5) is 0 Å². The van der Waals surface area contributed by atoms with Gasteiger partial charge in [-0.25, -0.2) is 0 Å². The molecule has 3 aliphatic rings. The smallest absolute Gasteiger partial charge is 0.273 e. The number of pyridine rings is 1. The van der Waals surface area contributed by atoms with Gasteiger partial charge in [-0.3, -0.25) is 25.4 Å². The van der Waals surface area contributed by atoms with Gasteiger partial charge in [0.1, 0.15) is 5.69 Å². The van der Waals surface area contributed by atoms with Gasteiger partial charge < -0.3 is 0 Å². The van der Waals surface area contributed by atoms with Gasteiger partial charge in [-0.2, -0.15) is 0 Å². The summed E-state index contributed by atoms with van der Waals surface area (Å²) in [7, 11) is 0. The predicted octanol–water partition coefficient (Wildman–Crippen LogP) is 3.53. The van der Waals surface area contributed by atoms with E-state index in [-0.39, 0.29) is 31.0 Å². The Kier molecular flexibility index (Phi) is 4.62. The first-order chi connectivity index (χ1) is 11.2. The van der Waals surface area contributed by atoms with Crippen LogP contribution < -0.4 is 10.9 Å². The summed E-state index contributed by atoms with van der Waals surface area (Å²) in [5.41, 5.74) is 4.53. The summed E-state index contributed by atoms with van der Waals surface area (Å²) in [6.45, 7) is 4.24. The van der Waals surface area contributed by atoms with Crippen molar-refractivity contribution in [1.82, 2.24) is 15.8 Å². The molecule has 5 nitrogen and oxygen atoms in total. The lowest BCUT2D eigenvalue weighted by Crippen LogP contribution is -2.72. The number of nitrogens with one attached hydrogen (secondary N) is 2. The zero-order chi connectivity index (χ0) is 17.8. The number of aromatic nitrogens is 1. The monoisotopic (exact) mass is 521 g/mol. The molecule has 0 aliphatic heterocycles. The van der Waals surface area contributed by atoms with E-state index in [4.69, 9.17) is 0 Å². The highest BCUT2D eigenvalue weighted by Crippen LogP contribution is 2.82. The van der Waals surface area contributed by atoms with E-state index in [0.29, 0.717) is 0 Å². The number of carbonyl (C=O) groups excluding carboxylic acids is 2. The Balaban J connectivity index is 1.74. The van der Waals surface area contributed by atoms with Crippen molar-refractivity contribution in [3.05, 3.63) is 30.1 Å². The first-order valence-electron chi connectivity index (χ1n) is 7.66. The van der Waals surface area contributed by atoms with Crippen LogP contribution in [0.15, 0.2) is 24.4 Å². The lowest BCUT2D eigenvalue weighted by atomic mass is 9.43. The highest BCUT2D eigenvalue weighted by atomic mass is 79.9. The van der Waals surface area contributed by atoms with Crippen molar-refractivity contribution in [2.75, 3.05) is 0 Å². The fourth-order valence-electron chi connectivity index (χ4n) is 4.48. The van der Waals surface area contributed by atoms with Gasteiger partial charge >= 0.3 is 0 Å². The second-order valence-corrected chi connectivity index (χ2v) is 10.9. The molecule has 1 aromatic heterocycles. The predicted molar refractivity (Wildman–Crippen MR) is 102 cm³/mol. The molecule has 0 radical (unpaired) electrons. The molecule has 3 fully saturated rings. The standard InChI is InChI=1S/C16H18Br3N3O2/c1-14(2)15(12(18)19)6-7-16(14,11(15)17)13(24)22-21-10(23)9-5-3-4-8-20-9/h3-5,8,11-12H,6-7H2,1-2H3,(H,21,23)(H,22,24). The third kappa shape index (κ3) is 2.11. The summed E-state index contributed by atoms with van der Waals surface area (Å²) in [5, 5.41) is 0. The zero-order valence-corrected chi connectivity index (χ0v) is 18.0. The number of hydrogen-bond acceptors (Lipinski definition) is 3. The highest BCUT2D eigenvalue weighted by molar-refractivity contribution is 9.24. The molecule has 2 bridgehead atoms.